The highest BCUT2D eigenvalue weighted by molar-refractivity contribution is 6.30. The van der Waals surface area contributed by atoms with E-state index in [1.54, 1.807) is 48.5 Å². The highest BCUT2D eigenvalue weighted by atomic mass is 35.5. The Hall–Kier alpha value is -1.84. The number of hydrogen-bond acceptors (Lipinski definition) is 2. The standard InChI is InChI=1S/C14H12ClNO2/c15-12-5-7-13(8-6-12)16-14(18)11-3-1-10(9-17)2-4-11/h1-8,17H,9H2,(H,16,18). The van der Waals surface area contributed by atoms with Crippen LogP contribution >= 0.6 is 11.6 Å². The molecule has 0 aromatic heterocycles. The van der Waals surface area contributed by atoms with Crippen LogP contribution in [0.4, 0.5) is 5.69 Å². The van der Waals surface area contributed by atoms with Gasteiger partial charge in [-0.1, -0.05) is 23.7 Å². The lowest BCUT2D eigenvalue weighted by Gasteiger charge is -2.05. The van der Waals surface area contributed by atoms with Crippen molar-refractivity contribution in [2.75, 3.05) is 5.32 Å². The Balaban J connectivity index is 2.09. The van der Waals surface area contributed by atoms with Gasteiger partial charge in [0.2, 0.25) is 0 Å². The minimum Gasteiger partial charge on any atom is -0.392 e. The zero-order valence-corrected chi connectivity index (χ0v) is 10.3. The smallest absolute Gasteiger partial charge is 0.255 e. The molecule has 18 heavy (non-hydrogen) atoms. The number of nitrogens with one attached hydrogen (secondary N) is 1. The molecule has 0 fully saturated rings. The maximum atomic E-state index is 11.9. The number of aliphatic hydroxyl groups excluding tert-OH is 1. The summed E-state index contributed by atoms with van der Waals surface area (Å²) < 4.78 is 0. The van der Waals surface area contributed by atoms with E-state index in [9.17, 15) is 4.79 Å². The van der Waals surface area contributed by atoms with Crippen LogP contribution < -0.4 is 5.32 Å². The van der Waals surface area contributed by atoms with Gasteiger partial charge >= 0.3 is 0 Å². The van der Waals surface area contributed by atoms with Crippen LogP contribution in [0.2, 0.25) is 5.02 Å². The van der Waals surface area contributed by atoms with E-state index >= 15 is 0 Å². The molecule has 0 unspecified atom stereocenters. The first-order chi connectivity index (χ1) is 8.69. The first-order valence-corrected chi connectivity index (χ1v) is 5.83. The lowest BCUT2D eigenvalue weighted by molar-refractivity contribution is 0.102. The van der Waals surface area contributed by atoms with Gasteiger partial charge in [-0.05, 0) is 42.0 Å². The van der Waals surface area contributed by atoms with Crippen molar-refractivity contribution in [3.05, 3.63) is 64.7 Å². The van der Waals surface area contributed by atoms with Crippen LogP contribution in [0.25, 0.3) is 0 Å². The normalized spacial score (nSPS) is 10.1. The van der Waals surface area contributed by atoms with E-state index in [-0.39, 0.29) is 12.5 Å². The molecule has 0 saturated carbocycles. The number of aliphatic hydroxyl groups is 1. The average Bonchev–Trinajstić information content (AvgIpc) is 2.41. The number of benzene rings is 2. The van der Waals surface area contributed by atoms with Crippen LogP contribution in [-0.2, 0) is 6.61 Å². The molecular weight excluding hydrogens is 250 g/mol. The third kappa shape index (κ3) is 3.09. The van der Waals surface area contributed by atoms with Gasteiger partial charge in [0, 0.05) is 16.3 Å². The third-order valence-electron chi connectivity index (χ3n) is 2.50. The fourth-order valence-corrected chi connectivity index (χ4v) is 1.62. The first-order valence-electron chi connectivity index (χ1n) is 5.46. The summed E-state index contributed by atoms with van der Waals surface area (Å²) in [5, 5.41) is 12.3. The number of rotatable bonds is 3. The highest BCUT2D eigenvalue weighted by Gasteiger charge is 2.05. The summed E-state index contributed by atoms with van der Waals surface area (Å²) in [4.78, 5) is 11.9. The van der Waals surface area contributed by atoms with E-state index in [4.69, 9.17) is 16.7 Å². The lowest BCUT2D eigenvalue weighted by Crippen LogP contribution is -2.11. The number of hydrogen-bond donors (Lipinski definition) is 2. The zero-order valence-electron chi connectivity index (χ0n) is 9.56. The summed E-state index contributed by atoms with van der Waals surface area (Å²) in [5.41, 5.74) is 2.01. The molecular formula is C14H12ClNO2. The Bertz CT molecular complexity index is 535. The fraction of sp³-hybridized carbons (Fsp3) is 0.0714. The second-order valence-electron chi connectivity index (χ2n) is 3.82. The molecule has 0 atom stereocenters. The van der Waals surface area contributed by atoms with E-state index < -0.39 is 0 Å². The molecule has 4 heteroatoms. The molecule has 2 aromatic rings. The van der Waals surface area contributed by atoms with Gasteiger partial charge in [-0.15, -0.1) is 0 Å². The molecule has 0 aliphatic heterocycles. The van der Waals surface area contributed by atoms with Gasteiger partial charge < -0.3 is 10.4 Å². The van der Waals surface area contributed by atoms with E-state index in [1.165, 1.54) is 0 Å². The molecule has 0 spiro atoms. The second kappa shape index (κ2) is 5.67. The highest BCUT2D eigenvalue weighted by Crippen LogP contribution is 2.14. The Kier molecular flexibility index (Phi) is 3.97. The fourth-order valence-electron chi connectivity index (χ4n) is 1.50. The largest absolute Gasteiger partial charge is 0.392 e. The van der Waals surface area contributed by atoms with E-state index in [0.29, 0.717) is 16.3 Å². The summed E-state index contributed by atoms with van der Waals surface area (Å²) in [6, 6.07) is 13.7. The minimum atomic E-state index is -0.193. The number of carbonyl (C=O) groups is 1. The lowest BCUT2D eigenvalue weighted by atomic mass is 10.1. The molecule has 0 radical (unpaired) electrons. The zero-order chi connectivity index (χ0) is 13.0. The van der Waals surface area contributed by atoms with Crippen LogP contribution in [0.5, 0.6) is 0 Å². The van der Waals surface area contributed by atoms with Gasteiger partial charge in [0.1, 0.15) is 0 Å². The molecule has 3 nitrogen and oxygen atoms in total. The van der Waals surface area contributed by atoms with Crippen LogP contribution in [0.15, 0.2) is 48.5 Å². The quantitative estimate of drug-likeness (QED) is 0.892. The summed E-state index contributed by atoms with van der Waals surface area (Å²) in [5.74, 6) is -0.193. The number of anilines is 1. The molecule has 2 rings (SSSR count). The van der Waals surface area contributed by atoms with Gasteiger partial charge in [-0.3, -0.25) is 4.79 Å². The van der Waals surface area contributed by atoms with E-state index in [2.05, 4.69) is 5.32 Å². The van der Waals surface area contributed by atoms with Gasteiger partial charge in [0.15, 0.2) is 0 Å². The van der Waals surface area contributed by atoms with E-state index in [0.717, 1.165) is 5.56 Å². The van der Waals surface area contributed by atoms with Crippen molar-refractivity contribution < 1.29 is 9.90 Å². The van der Waals surface area contributed by atoms with Crippen LogP contribution in [0.1, 0.15) is 15.9 Å². The van der Waals surface area contributed by atoms with Crippen LogP contribution in [0, 0.1) is 0 Å². The minimum absolute atomic E-state index is 0.0287. The van der Waals surface area contributed by atoms with Gasteiger partial charge in [-0.25, -0.2) is 0 Å². The van der Waals surface area contributed by atoms with Gasteiger partial charge in [0.05, 0.1) is 6.61 Å². The molecule has 1 amide bonds. The Morgan fingerprint density at radius 1 is 1.06 bits per heavy atom. The van der Waals surface area contributed by atoms with Crippen molar-refractivity contribution in [1.82, 2.24) is 0 Å². The van der Waals surface area contributed by atoms with E-state index in [1.807, 2.05) is 0 Å². The van der Waals surface area contributed by atoms with Gasteiger partial charge in [0.25, 0.3) is 5.91 Å². The predicted molar refractivity (Wildman–Crippen MR) is 71.8 cm³/mol. The summed E-state index contributed by atoms with van der Waals surface area (Å²) >= 11 is 5.76. The van der Waals surface area contributed by atoms with Gasteiger partial charge in [-0.2, -0.15) is 0 Å². The Morgan fingerprint density at radius 3 is 2.22 bits per heavy atom. The third-order valence-corrected chi connectivity index (χ3v) is 2.75. The van der Waals surface area contributed by atoms with Crippen LogP contribution in [-0.4, -0.2) is 11.0 Å². The Morgan fingerprint density at radius 2 is 1.67 bits per heavy atom. The monoisotopic (exact) mass is 261 g/mol. The van der Waals surface area contributed by atoms with Crippen molar-refractivity contribution in [3.63, 3.8) is 0 Å². The summed E-state index contributed by atoms with van der Waals surface area (Å²) in [7, 11) is 0. The number of amides is 1. The second-order valence-corrected chi connectivity index (χ2v) is 4.25. The van der Waals surface area contributed by atoms with Crippen molar-refractivity contribution in [3.8, 4) is 0 Å². The maximum absolute atomic E-state index is 11.9. The molecule has 2 aromatic carbocycles. The summed E-state index contributed by atoms with van der Waals surface area (Å²) in [6.07, 6.45) is 0. The van der Waals surface area contributed by atoms with Crippen LogP contribution in [0.3, 0.4) is 0 Å². The molecule has 0 heterocycles. The Labute approximate surface area is 110 Å². The topological polar surface area (TPSA) is 49.3 Å². The molecule has 0 saturated heterocycles. The molecule has 0 aliphatic carbocycles. The average molecular weight is 262 g/mol. The number of carbonyl (C=O) groups excluding carboxylic acids is 1. The summed E-state index contributed by atoms with van der Waals surface area (Å²) in [6.45, 7) is -0.0287. The van der Waals surface area contributed by atoms with Crippen molar-refractivity contribution in [2.45, 2.75) is 6.61 Å². The molecule has 2 N–H and O–H groups in total. The van der Waals surface area contributed by atoms with Crippen molar-refractivity contribution in [2.24, 2.45) is 0 Å². The molecule has 92 valence electrons. The molecule has 0 aliphatic rings. The van der Waals surface area contributed by atoms with Crippen molar-refractivity contribution >= 4 is 23.2 Å². The maximum Gasteiger partial charge on any atom is 0.255 e. The van der Waals surface area contributed by atoms with Crippen molar-refractivity contribution in [1.29, 1.82) is 0 Å². The number of halogens is 1. The predicted octanol–water partition coefficient (Wildman–Crippen LogP) is 3.08. The molecule has 0 bridgehead atoms. The first kappa shape index (κ1) is 12.6. The SMILES string of the molecule is O=C(Nc1ccc(Cl)cc1)c1ccc(CO)cc1.